The summed E-state index contributed by atoms with van der Waals surface area (Å²) in [5.74, 6) is -1.12. The first-order valence-electron chi connectivity index (χ1n) is 3.75. The summed E-state index contributed by atoms with van der Waals surface area (Å²) in [5, 5.41) is 8.79. The first-order chi connectivity index (χ1) is 6.11. The Hall–Kier alpha value is -1.72. The molecule has 13 heavy (non-hydrogen) atoms. The fraction of sp³-hybridized carbons (Fsp3) is 0.429. The Balaban J connectivity index is 3.31. The molecule has 0 saturated heterocycles. The number of nitrogens with zero attached hydrogens (tertiary/aromatic N) is 2. The number of nitrogens with two attached hydrogens (primary N) is 1. The van der Waals surface area contributed by atoms with Gasteiger partial charge in [0.05, 0.1) is 7.11 Å². The van der Waals surface area contributed by atoms with Gasteiger partial charge in [-0.15, -0.1) is 0 Å². The third-order valence-corrected chi connectivity index (χ3v) is 1.66. The van der Waals surface area contributed by atoms with Crippen molar-refractivity contribution in [3.63, 3.8) is 0 Å². The van der Waals surface area contributed by atoms with E-state index in [-0.39, 0.29) is 17.5 Å². The molecule has 3 N–H and O–H groups in total. The lowest BCUT2D eigenvalue weighted by atomic mass is 10.4. The molecule has 0 aliphatic carbocycles. The molecule has 0 aliphatic rings. The maximum Gasteiger partial charge on any atom is 0.356 e. The first-order valence-corrected chi connectivity index (χ1v) is 3.75. The lowest BCUT2D eigenvalue weighted by molar-refractivity contribution is 0.0685. The fourth-order valence-corrected chi connectivity index (χ4v) is 1.12. The molecule has 0 atom stereocenters. The van der Waals surface area contributed by atoms with Crippen molar-refractivity contribution < 1.29 is 14.6 Å². The van der Waals surface area contributed by atoms with Crippen LogP contribution in [0.25, 0.3) is 0 Å². The SMILES string of the molecule is CCn1c(OC)nc(N)c1C(=O)O. The second-order valence-corrected chi connectivity index (χ2v) is 2.38. The Morgan fingerprint density at radius 1 is 1.77 bits per heavy atom. The van der Waals surface area contributed by atoms with Crippen molar-refractivity contribution in [3.8, 4) is 6.01 Å². The van der Waals surface area contributed by atoms with Gasteiger partial charge in [0.2, 0.25) is 0 Å². The Morgan fingerprint density at radius 2 is 2.38 bits per heavy atom. The second kappa shape index (κ2) is 3.34. The van der Waals surface area contributed by atoms with E-state index in [1.54, 1.807) is 6.92 Å². The standard InChI is InChI=1S/C7H11N3O3/c1-3-10-4(6(11)12)5(8)9-7(10)13-2/h3,8H2,1-2H3,(H,11,12). The zero-order valence-electron chi connectivity index (χ0n) is 7.44. The summed E-state index contributed by atoms with van der Waals surface area (Å²) in [6.07, 6.45) is 0. The minimum Gasteiger partial charge on any atom is -0.476 e. The van der Waals surface area contributed by atoms with E-state index < -0.39 is 5.97 Å². The summed E-state index contributed by atoms with van der Waals surface area (Å²) in [4.78, 5) is 14.5. The van der Waals surface area contributed by atoms with Gasteiger partial charge in [0.1, 0.15) is 0 Å². The third-order valence-electron chi connectivity index (χ3n) is 1.66. The molecule has 1 aromatic heterocycles. The Kier molecular flexibility index (Phi) is 2.41. The smallest absolute Gasteiger partial charge is 0.356 e. The van der Waals surface area contributed by atoms with E-state index in [4.69, 9.17) is 15.6 Å². The van der Waals surface area contributed by atoms with Gasteiger partial charge in [0, 0.05) is 6.54 Å². The molecule has 6 heteroatoms. The number of carboxylic acid groups (broad SMARTS) is 1. The minimum absolute atomic E-state index is 0.0220. The van der Waals surface area contributed by atoms with Crippen molar-refractivity contribution in [2.45, 2.75) is 13.5 Å². The van der Waals surface area contributed by atoms with E-state index in [0.29, 0.717) is 6.54 Å². The van der Waals surface area contributed by atoms with Gasteiger partial charge in [-0.25, -0.2) is 4.79 Å². The normalized spacial score (nSPS) is 10.0. The third kappa shape index (κ3) is 1.42. The number of carbonyl (C=O) groups is 1. The molecule has 0 aliphatic heterocycles. The van der Waals surface area contributed by atoms with E-state index in [9.17, 15) is 4.79 Å². The number of imidazole rings is 1. The van der Waals surface area contributed by atoms with Crippen LogP contribution in [0.4, 0.5) is 5.82 Å². The molecule has 1 aromatic rings. The Labute approximate surface area is 74.9 Å². The van der Waals surface area contributed by atoms with Crippen molar-refractivity contribution in [1.82, 2.24) is 9.55 Å². The van der Waals surface area contributed by atoms with Crippen LogP contribution in [0.3, 0.4) is 0 Å². The van der Waals surface area contributed by atoms with Crippen molar-refractivity contribution in [1.29, 1.82) is 0 Å². The van der Waals surface area contributed by atoms with Crippen LogP contribution in [-0.2, 0) is 6.54 Å². The predicted octanol–water partition coefficient (Wildman–Crippen LogP) is 0.192. The molecule has 72 valence electrons. The molecule has 0 saturated carbocycles. The van der Waals surface area contributed by atoms with Gasteiger partial charge < -0.3 is 15.6 Å². The van der Waals surface area contributed by atoms with Crippen molar-refractivity contribution in [2.24, 2.45) is 0 Å². The topological polar surface area (TPSA) is 90.4 Å². The van der Waals surface area contributed by atoms with E-state index >= 15 is 0 Å². The van der Waals surface area contributed by atoms with Gasteiger partial charge in [-0.3, -0.25) is 4.57 Å². The maximum atomic E-state index is 10.7. The highest BCUT2D eigenvalue weighted by Gasteiger charge is 2.19. The molecular formula is C7H11N3O3. The van der Waals surface area contributed by atoms with E-state index in [1.807, 2.05) is 0 Å². The monoisotopic (exact) mass is 185 g/mol. The van der Waals surface area contributed by atoms with Crippen LogP contribution < -0.4 is 10.5 Å². The summed E-state index contributed by atoms with van der Waals surface area (Å²) >= 11 is 0. The molecule has 0 radical (unpaired) electrons. The lowest BCUT2D eigenvalue weighted by Crippen LogP contribution is -2.10. The quantitative estimate of drug-likeness (QED) is 0.701. The number of aromatic carboxylic acids is 1. The number of hydrogen-bond acceptors (Lipinski definition) is 4. The van der Waals surface area contributed by atoms with Crippen LogP contribution in [0.15, 0.2) is 0 Å². The lowest BCUT2D eigenvalue weighted by Gasteiger charge is -2.03. The van der Waals surface area contributed by atoms with Crippen LogP contribution in [-0.4, -0.2) is 27.7 Å². The van der Waals surface area contributed by atoms with Crippen LogP contribution >= 0.6 is 0 Å². The second-order valence-electron chi connectivity index (χ2n) is 2.38. The maximum absolute atomic E-state index is 10.7. The van der Waals surface area contributed by atoms with Crippen molar-refractivity contribution in [2.75, 3.05) is 12.8 Å². The van der Waals surface area contributed by atoms with E-state index in [1.165, 1.54) is 11.7 Å². The molecule has 0 aromatic carbocycles. The summed E-state index contributed by atoms with van der Waals surface area (Å²) < 4.78 is 6.26. The van der Waals surface area contributed by atoms with Crippen LogP contribution in [0.2, 0.25) is 0 Å². The highest BCUT2D eigenvalue weighted by molar-refractivity contribution is 5.91. The molecule has 1 rings (SSSR count). The number of methoxy groups -OCH3 is 1. The van der Waals surface area contributed by atoms with Gasteiger partial charge >= 0.3 is 5.97 Å². The summed E-state index contributed by atoms with van der Waals surface area (Å²) in [5.41, 5.74) is 5.37. The van der Waals surface area contributed by atoms with Gasteiger partial charge in [-0.2, -0.15) is 4.98 Å². The van der Waals surface area contributed by atoms with Crippen LogP contribution in [0.5, 0.6) is 6.01 Å². The van der Waals surface area contributed by atoms with Gasteiger partial charge in [0.25, 0.3) is 6.01 Å². The van der Waals surface area contributed by atoms with Crippen LogP contribution in [0.1, 0.15) is 17.4 Å². The van der Waals surface area contributed by atoms with Crippen LogP contribution in [0, 0.1) is 0 Å². The highest BCUT2D eigenvalue weighted by Crippen LogP contribution is 2.19. The zero-order valence-corrected chi connectivity index (χ0v) is 7.44. The first kappa shape index (κ1) is 9.37. The van der Waals surface area contributed by atoms with Gasteiger partial charge in [-0.05, 0) is 6.92 Å². The number of hydrogen-bond donors (Lipinski definition) is 2. The summed E-state index contributed by atoms with van der Waals surface area (Å²) in [6, 6.07) is 0.220. The fourth-order valence-electron chi connectivity index (χ4n) is 1.12. The van der Waals surface area contributed by atoms with Crippen molar-refractivity contribution in [3.05, 3.63) is 5.69 Å². The molecule has 0 bridgehead atoms. The minimum atomic E-state index is -1.10. The van der Waals surface area contributed by atoms with Gasteiger partial charge in [-0.1, -0.05) is 0 Å². The number of aromatic nitrogens is 2. The number of anilines is 1. The molecule has 0 fully saturated rings. The molecular weight excluding hydrogens is 174 g/mol. The number of carboxylic acids is 1. The summed E-state index contributed by atoms with van der Waals surface area (Å²) in [6.45, 7) is 2.24. The van der Waals surface area contributed by atoms with Crippen molar-refractivity contribution >= 4 is 11.8 Å². The average molecular weight is 185 g/mol. The van der Waals surface area contributed by atoms with E-state index in [2.05, 4.69) is 4.98 Å². The average Bonchev–Trinajstić information content (AvgIpc) is 2.41. The predicted molar refractivity (Wildman–Crippen MR) is 45.8 cm³/mol. The Bertz CT molecular complexity index is 332. The van der Waals surface area contributed by atoms with E-state index in [0.717, 1.165) is 0 Å². The highest BCUT2D eigenvalue weighted by atomic mass is 16.5. The number of rotatable bonds is 3. The largest absolute Gasteiger partial charge is 0.476 e. The summed E-state index contributed by atoms with van der Waals surface area (Å²) in [7, 11) is 1.42. The number of nitrogen functional groups attached to an aromatic ring is 1. The molecule has 6 nitrogen and oxygen atoms in total. The molecule has 1 heterocycles. The molecule has 0 unspecified atom stereocenters. The molecule has 0 spiro atoms. The molecule has 0 amide bonds. The number of ether oxygens (including phenoxy) is 1. The zero-order chi connectivity index (χ0) is 10.0. The Morgan fingerprint density at radius 3 is 2.77 bits per heavy atom. The van der Waals surface area contributed by atoms with Gasteiger partial charge in [0.15, 0.2) is 11.5 Å².